The molecule has 5 nitrogen and oxygen atoms in total. The van der Waals surface area contributed by atoms with E-state index in [1.54, 1.807) is 4.90 Å². The highest BCUT2D eigenvalue weighted by atomic mass is 16.2. The van der Waals surface area contributed by atoms with Gasteiger partial charge in [0.25, 0.3) is 0 Å². The average Bonchev–Trinajstić information content (AvgIpc) is 2.55. The Hall–Kier alpha value is -1.88. The van der Waals surface area contributed by atoms with E-state index in [0.717, 1.165) is 29.8 Å². The first kappa shape index (κ1) is 22.2. The molecule has 5 heteroatoms. The molecule has 0 aromatic heterocycles. The molecule has 0 radical (unpaired) electrons. The Morgan fingerprint density at radius 2 is 1.58 bits per heavy atom. The van der Waals surface area contributed by atoms with Crippen LogP contribution in [0.3, 0.4) is 0 Å². The lowest BCUT2D eigenvalue weighted by molar-refractivity contribution is -0.123. The molecule has 0 atom stereocenters. The summed E-state index contributed by atoms with van der Waals surface area (Å²) in [4.78, 5) is 28.5. The van der Waals surface area contributed by atoms with Crippen LogP contribution in [-0.2, 0) is 9.59 Å². The summed E-state index contributed by atoms with van der Waals surface area (Å²) in [6, 6.07) is 6.14. The molecule has 0 unspecified atom stereocenters. The summed E-state index contributed by atoms with van der Waals surface area (Å²) in [6.07, 6.45) is 0.888. The monoisotopic (exact) mass is 361 g/mol. The van der Waals surface area contributed by atoms with E-state index in [9.17, 15) is 9.59 Å². The van der Waals surface area contributed by atoms with E-state index in [1.807, 2.05) is 20.2 Å². The number of benzene rings is 1. The number of hydrogen-bond donors (Lipinski definition) is 1. The van der Waals surface area contributed by atoms with Gasteiger partial charge in [-0.05, 0) is 50.0 Å². The van der Waals surface area contributed by atoms with Crippen LogP contribution in [-0.4, -0.2) is 50.4 Å². The number of rotatable bonds is 9. The first-order chi connectivity index (χ1) is 12.1. The second-order valence-electron chi connectivity index (χ2n) is 7.71. The fraction of sp³-hybridized carbons (Fsp3) is 0.619. The summed E-state index contributed by atoms with van der Waals surface area (Å²) in [6.45, 7) is 11.6. The molecule has 26 heavy (non-hydrogen) atoms. The highest BCUT2D eigenvalue weighted by Crippen LogP contribution is 2.35. The maximum absolute atomic E-state index is 12.4. The Balaban J connectivity index is 3.03. The molecule has 0 aliphatic carbocycles. The molecule has 0 aliphatic heterocycles. The van der Waals surface area contributed by atoms with Crippen LogP contribution in [0.4, 0.5) is 5.69 Å². The van der Waals surface area contributed by atoms with Crippen LogP contribution in [0.15, 0.2) is 18.2 Å². The van der Waals surface area contributed by atoms with Gasteiger partial charge < -0.3 is 15.1 Å². The van der Waals surface area contributed by atoms with Gasteiger partial charge in [-0.2, -0.15) is 0 Å². The van der Waals surface area contributed by atoms with E-state index in [-0.39, 0.29) is 30.2 Å². The van der Waals surface area contributed by atoms with E-state index >= 15 is 0 Å². The Bertz CT molecular complexity index is 583. The normalized spacial score (nSPS) is 11.3. The zero-order valence-electron chi connectivity index (χ0n) is 17.4. The number of carbonyl (C=O) groups excluding carboxylic acids is 2. The van der Waals surface area contributed by atoms with Gasteiger partial charge in [-0.1, -0.05) is 45.9 Å². The second kappa shape index (κ2) is 10.3. The molecule has 146 valence electrons. The number of anilines is 1. The first-order valence-corrected chi connectivity index (χ1v) is 9.47. The minimum atomic E-state index is -0.118. The van der Waals surface area contributed by atoms with Crippen molar-refractivity contribution < 1.29 is 9.59 Å². The number of carbonyl (C=O) groups is 2. The van der Waals surface area contributed by atoms with Crippen molar-refractivity contribution in [2.45, 2.75) is 52.9 Å². The minimum Gasteiger partial charge on any atom is -0.355 e. The molecule has 1 aromatic rings. The van der Waals surface area contributed by atoms with Gasteiger partial charge >= 0.3 is 0 Å². The Morgan fingerprint density at radius 3 is 2.00 bits per heavy atom. The lowest BCUT2D eigenvalue weighted by Crippen LogP contribution is -2.41. The number of para-hydroxylation sites is 1. The highest BCUT2D eigenvalue weighted by molar-refractivity contribution is 5.99. The summed E-state index contributed by atoms with van der Waals surface area (Å²) < 4.78 is 0. The summed E-state index contributed by atoms with van der Waals surface area (Å²) >= 11 is 0. The summed E-state index contributed by atoms with van der Waals surface area (Å²) in [5.41, 5.74) is 3.10. The van der Waals surface area contributed by atoms with Crippen molar-refractivity contribution in [3.05, 3.63) is 29.3 Å². The first-order valence-electron chi connectivity index (χ1n) is 9.47. The van der Waals surface area contributed by atoms with Crippen LogP contribution < -0.4 is 10.2 Å². The molecule has 1 rings (SSSR count). The predicted octanol–water partition coefficient (Wildman–Crippen LogP) is 3.35. The van der Waals surface area contributed by atoms with Crippen LogP contribution in [0.25, 0.3) is 0 Å². The van der Waals surface area contributed by atoms with Gasteiger partial charge in [0, 0.05) is 13.5 Å². The fourth-order valence-electron chi connectivity index (χ4n) is 2.99. The largest absolute Gasteiger partial charge is 0.355 e. The van der Waals surface area contributed by atoms with Crippen LogP contribution in [0, 0.1) is 0 Å². The van der Waals surface area contributed by atoms with E-state index < -0.39 is 0 Å². The lowest BCUT2D eigenvalue weighted by Gasteiger charge is -2.29. The van der Waals surface area contributed by atoms with Crippen LogP contribution >= 0.6 is 0 Å². The number of nitrogens with zero attached hydrogens (tertiary/aromatic N) is 2. The molecular formula is C21H35N3O2. The van der Waals surface area contributed by atoms with Gasteiger partial charge in [0.15, 0.2) is 0 Å². The Kier molecular flexibility index (Phi) is 8.79. The molecule has 0 heterocycles. The Labute approximate surface area is 158 Å². The zero-order chi connectivity index (χ0) is 19.9. The van der Waals surface area contributed by atoms with Gasteiger partial charge in [0.2, 0.25) is 11.8 Å². The van der Waals surface area contributed by atoms with Crippen molar-refractivity contribution in [3.63, 3.8) is 0 Å². The molecule has 0 spiro atoms. The SMILES string of the molecule is CC(=O)N(CC(=O)NCCCN(C)C)c1c(C(C)C)cccc1C(C)C. The molecule has 0 bridgehead atoms. The maximum Gasteiger partial charge on any atom is 0.240 e. The van der Waals surface area contributed by atoms with Gasteiger partial charge in [-0.25, -0.2) is 0 Å². The van der Waals surface area contributed by atoms with Crippen LogP contribution in [0.1, 0.15) is 64.0 Å². The van der Waals surface area contributed by atoms with E-state index in [0.29, 0.717) is 6.54 Å². The van der Waals surface area contributed by atoms with E-state index in [4.69, 9.17) is 0 Å². The molecule has 0 fully saturated rings. The number of hydrogen-bond acceptors (Lipinski definition) is 3. The number of nitrogens with one attached hydrogen (secondary N) is 1. The fourth-order valence-corrected chi connectivity index (χ4v) is 2.99. The standard InChI is InChI=1S/C21H35N3O2/c1-15(2)18-10-8-11-19(16(3)4)21(18)24(17(5)25)14-20(26)22-12-9-13-23(6)7/h8,10-11,15-16H,9,12-14H2,1-7H3,(H,22,26). The highest BCUT2D eigenvalue weighted by Gasteiger charge is 2.23. The summed E-state index contributed by atoms with van der Waals surface area (Å²) in [5.74, 6) is 0.318. The van der Waals surface area contributed by atoms with Crippen molar-refractivity contribution in [2.75, 3.05) is 38.6 Å². The third-order valence-corrected chi connectivity index (χ3v) is 4.40. The quantitative estimate of drug-likeness (QED) is 0.686. The van der Waals surface area contributed by atoms with Gasteiger partial charge in [0.1, 0.15) is 6.54 Å². The molecule has 0 aliphatic rings. The van der Waals surface area contributed by atoms with E-state index in [1.165, 1.54) is 6.92 Å². The topological polar surface area (TPSA) is 52.7 Å². The molecule has 1 aromatic carbocycles. The number of amides is 2. The van der Waals surface area contributed by atoms with Gasteiger partial charge in [0.05, 0.1) is 5.69 Å². The zero-order valence-corrected chi connectivity index (χ0v) is 17.4. The van der Waals surface area contributed by atoms with Crippen molar-refractivity contribution >= 4 is 17.5 Å². The van der Waals surface area contributed by atoms with Crippen LogP contribution in [0.5, 0.6) is 0 Å². The molecule has 1 N–H and O–H groups in total. The van der Waals surface area contributed by atoms with Crippen molar-refractivity contribution in [2.24, 2.45) is 0 Å². The summed E-state index contributed by atoms with van der Waals surface area (Å²) in [5, 5.41) is 2.93. The second-order valence-corrected chi connectivity index (χ2v) is 7.71. The minimum absolute atomic E-state index is 0.0563. The summed E-state index contributed by atoms with van der Waals surface area (Å²) in [7, 11) is 4.02. The molecule has 0 saturated carbocycles. The van der Waals surface area contributed by atoms with Gasteiger partial charge in [-0.15, -0.1) is 0 Å². The molecule has 2 amide bonds. The van der Waals surface area contributed by atoms with Crippen molar-refractivity contribution in [3.8, 4) is 0 Å². The smallest absolute Gasteiger partial charge is 0.240 e. The predicted molar refractivity (Wildman–Crippen MR) is 109 cm³/mol. The van der Waals surface area contributed by atoms with E-state index in [2.05, 4.69) is 50.0 Å². The van der Waals surface area contributed by atoms with Crippen molar-refractivity contribution in [1.29, 1.82) is 0 Å². The molecule has 0 saturated heterocycles. The van der Waals surface area contributed by atoms with Crippen LogP contribution in [0.2, 0.25) is 0 Å². The van der Waals surface area contributed by atoms with Crippen molar-refractivity contribution in [1.82, 2.24) is 10.2 Å². The molecular weight excluding hydrogens is 326 g/mol. The maximum atomic E-state index is 12.4. The lowest BCUT2D eigenvalue weighted by atomic mass is 9.91. The van der Waals surface area contributed by atoms with Gasteiger partial charge in [-0.3, -0.25) is 9.59 Å². The third kappa shape index (κ3) is 6.45. The third-order valence-electron chi connectivity index (χ3n) is 4.40. The Morgan fingerprint density at radius 1 is 1.04 bits per heavy atom. The average molecular weight is 362 g/mol.